The first-order chi connectivity index (χ1) is 12.7. The zero-order valence-electron chi connectivity index (χ0n) is 14.2. The summed E-state index contributed by atoms with van der Waals surface area (Å²) in [5, 5.41) is 12.8. The van der Waals surface area contributed by atoms with Crippen molar-refractivity contribution in [3.63, 3.8) is 0 Å². The molecule has 1 saturated heterocycles. The van der Waals surface area contributed by atoms with Crippen molar-refractivity contribution in [2.45, 2.75) is 24.7 Å². The number of hydrogen-bond acceptors (Lipinski definition) is 4. The van der Waals surface area contributed by atoms with Crippen LogP contribution in [0.4, 0.5) is 13.2 Å². The molecule has 0 bridgehead atoms. The molecule has 2 atom stereocenters. The molecule has 0 saturated carbocycles. The fourth-order valence-corrected chi connectivity index (χ4v) is 2.99. The summed E-state index contributed by atoms with van der Waals surface area (Å²) in [6.45, 7) is 0.122. The van der Waals surface area contributed by atoms with E-state index >= 15 is 0 Å². The minimum atomic E-state index is -4.57. The quantitative estimate of drug-likeness (QED) is 0.875. The van der Waals surface area contributed by atoms with Crippen LogP contribution in [0.2, 0.25) is 0 Å². The number of carboxylic acid groups (broad SMARTS) is 1. The lowest BCUT2D eigenvalue weighted by Gasteiger charge is -2.21. The van der Waals surface area contributed by atoms with Gasteiger partial charge in [-0.25, -0.2) is 9.48 Å². The number of benzene rings is 1. The summed E-state index contributed by atoms with van der Waals surface area (Å²) in [4.78, 5) is 25.4. The molecule has 0 radical (unpaired) electrons. The van der Waals surface area contributed by atoms with Crippen molar-refractivity contribution in [3.8, 4) is 5.69 Å². The number of likely N-dealkylation sites (tertiary alicyclic amines) is 1. The smallest absolute Gasteiger partial charge is 0.435 e. The summed E-state index contributed by atoms with van der Waals surface area (Å²) in [6, 6.07) is 5.65. The number of aliphatic carboxylic acids is 1. The maximum absolute atomic E-state index is 12.8. The lowest BCUT2D eigenvalue weighted by molar-refractivity contribution is -0.142. The normalized spacial score (nSPS) is 20.1. The van der Waals surface area contributed by atoms with Crippen molar-refractivity contribution in [2.75, 3.05) is 13.7 Å². The van der Waals surface area contributed by atoms with E-state index < -0.39 is 35.9 Å². The second-order valence-electron chi connectivity index (χ2n) is 6.10. The summed E-state index contributed by atoms with van der Waals surface area (Å²) in [6.07, 6.45) is -3.65. The summed E-state index contributed by atoms with van der Waals surface area (Å²) >= 11 is 0. The molecule has 1 amide bonds. The molecule has 2 heterocycles. The maximum atomic E-state index is 12.8. The van der Waals surface area contributed by atoms with Crippen LogP contribution >= 0.6 is 0 Å². The number of amides is 1. The zero-order valence-corrected chi connectivity index (χ0v) is 14.2. The molecule has 1 fully saturated rings. The average Bonchev–Trinajstić information content (AvgIpc) is 3.28. The highest BCUT2D eigenvalue weighted by molar-refractivity contribution is 5.97. The number of methoxy groups -OCH3 is 1. The van der Waals surface area contributed by atoms with E-state index in [1.165, 1.54) is 36.3 Å². The summed E-state index contributed by atoms with van der Waals surface area (Å²) in [5.74, 6) is -1.67. The molecule has 1 aromatic carbocycles. The molecule has 1 aliphatic rings. The number of halogens is 3. The lowest BCUT2D eigenvalue weighted by atomic mass is 10.1. The Labute approximate surface area is 151 Å². The summed E-state index contributed by atoms with van der Waals surface area (Å²) < 4.78 is 44.3. The summed E-state index contributed by atoms with van der Waals surface area (Å²) in [7, 11) is 1.44. The van der Waals surface area contributed by atoms with E-state index in [1.54, 1.807) is 0 Å². The van der Waals surface area contributed by atoms with E-state index in [2.05, 4.69) is 5.10 Å². The fourth-order valence-electron chi connectivity index (χ4n) is 2.99. The van der Waals surface area contributed by atoms with E-state index in [1.807, 2.05) is 0 Å². The first kappa shape index (κ1) is 18.9. The van der Waals surface area contributed by atoms with Gasteiger partial charge in [0.1, 0.15) is 6.04 Å². The van der Waals surface area contributed by atoms with E-state index in [0.29, 0.717) is 0 Å². The Kier molecular flexibility index (Phi) is 4.92. The van der Waals surface area contributed by atoms with Gasteiger partial charge in [-0.2, -0.15) is 18.3 Å². The van der Waals surface area contributed by atoms with Crippen molar-refractivity contribution in [1.82, 2.24) is 14.7 Å². The predicted octanol–water partition coefficient (Wildman–Crippen LogP) is 2.21. The van der Waals surface area contributed by atoms with Gasteiger partial charge >= 0.3 is 12.1 Å². The molecule has 1 aromatic heterocycles. The molecular formula is C17H16F3N3O4. The molecule has 7 nitrogen and oxygen atoms in total. The van der Waals surface area contributed by atoms with Crippen molar-refractivity contribution < 1.29 is 32.6 Å². The van der Waals surface area contributed by atoms with Crippen molar-refractivity contribution >= 4 is 11.9 Å². The van der Waals surface area contributed by atoms with Crippen LogP contribution in [0.1, 0.15) is 22.5 Å². The minimum Gasteiger partial charge on any atom is -0.480 e. The van der Waals surface area contributed by atoms with Crippen molar-refractivity contribution in [2.24, 2.45) is 0 Å². The Balaban J connectivity index is 1.88. The van der Waals surface area contributed by atoms with Gasteiger partial charge in [0.15, 0.2) is 5.69 Å². The predicted molar refractivity (Wildman–Crippen MR) is 86.4 cm³/mol. The van der Waals surface area contributed by atoms with E-state index in [9.17, 15) is 27.9 Å². The SMILES string of the molecule is COC1CC(C(=O)O)N(C(=O)c2cccc(-n3ccc(C(F)(F)F)n3)c2)C1. The zero-order chi connectivity index (χ0) is 19.8. The van der Waals surface area contributed by atoms with Gasteiger partial charge in [-0.05, 0) is 24.3 Å². The van der Waals surface area contributed by atoms with Crippen LogP contribution in [0, 0.1) is 0 Å². The van der Waals surface area contributed by atoms with Crippen LogP contribution in [0.3, 0.4) is 0 Å². The number of ether oxygens (including phenoxy) is 1. The highest BCUT2D eigenvalue weighted by atomic mass is 19.4. The maximum Gasteiger partial charge on any atom is 0.435 e. The van der Waals surface area contributed by atoms with Crippen molar-refractivity contribution in [1.29, 1.82) is 0 Å². The third-order valence-electron chi connectivity index (χ3n) is 4.38. The van der Waals surface area contributed by atoms with Gasteiger partial charge in [0.05, 0.1) is 11.8 Å². The first-order valence-corrected chi connectivity index (χ1v) is 8.00. The number of alkyl halides is 3. The van der Waals surface area contributed by atoms with Crippen LogP contribution in [0.15, 0.2) is 36.5 Å². The fraction of sp³-hybridized carbons (Fsp3) is 0.353. The molecule has 1 aliphatic heterocycles. The van der Waals surface area contributed by atoms with Crippen LogP contribution in [-0.4, -0.2) is 57.5 Å². The van der Waals surface area contributed by atoms with Gasteiger partial charge in [-0.1, -0.05) is 6.07 Å². The van der Waals surface area contributed by atoms with Crippen LogP contribution < -0.4 is 0 Å². The highest BCUT2D eigenvalue weighted by Gasteiger charge is 2.40. The Morgan fingerprint density at radius 1 is 1.30 bits per heavy atom. The third-order valence-corrected chi connectivity index (χ3v) is 4.38. The number of carbonyl (C=O) groups excluding carboxylic acids is 1. The molecule has 0 spiro atoms. The molecule has 10 heteroatoms. The number of carbonyl (C=O) groups is 2. The minimum absolute atomic E-state index is 0.122. The van der Waals surface area contributed by atoms with Gasteiger partial charge in [-0.15, -0.1) is 0 Å². The number of carboxylic acids is 1. The number of nitrogens with zero attached hydrogens (tertiary/aromatic N) is 3. The molecule has 1 N–H and O–H groups in total. The van der Waals surface area contributed by atoms with Gasteiger partial charge in [0.2, 0.25) is 0 Å². The van der Waals surface area contributed by atoms with Crippen LogP contribution in [0.5, 0.6) is 0 Å². The molecule has 3 rings (SSSR count). The van der Waals surface area contributed by atoms with Gasteiger partial charge in [-0.3, -0.25) is 4.79 Å². The lowest BCUT2D eigenvalue weighted by Crippen LogP contribution is -2.40. The topological polar surface area (TPSA) is 84.7 Å². The van der Waals surface area contributed by atoms with Gasteiger partial charge in [0, 0.05) is 31.8 Å². The Hall–Kier alpha value is -2.88. The molecule has 2 unspecified atom stereocenters. The molecular weight excluding hydrogens is 367 g/mol. The van der Waals surface area contributed by atoms with Crippen LogP contribution in [0.25, 0.3) is 5.69 Å². The van der Waals surface area contributed by atoms with Crippen molar-refractivity contribution in [3.05, 3.63) is 47.8 Å². The molecule has 0 aliphatic carbocycles. The Bertz CT molecular complexity index is 865. The monoisotopic (exact) mass is 383 g/mol. The van der Waals surface area contributed by atoms with E-state index in [-0.39, 0.29) is 24.2 Å². The Morgan fingerprint density at radius 2 is 2.04 bits per heavy atom. The second kappa shape index (κ2) is 7.03. The standard InChI is InChI=1S/C17H16F3N3O4/c1-27-12-8-13(16(25)26)22(9-12)15(24)10-3-2-4-11(7-10)23-6-5-14(21-23)17(18,19)20/h2-7,12-13H,8-9H2,1H3,(H,25,26). The number of aromatic nitrogens is 2. The largest absolute Gasteiger partial charge is 0.480 e. The molecule has 27 heavy (non-hydrogen) atoms. The average molecular weight is 383 g/mol. The summed E-state index contributed by atoms with van der Waals surface area (Å²) in [5.41, 5.74) is -0.641. The third kappa shape index (κ3) is 3.80. The van der Waals surface area contributed by atoms with E-state index in [4.69, 9.17) is 4.74 Å². The van der Waals surface area contributed by atoms with Gasteiger partial charge < -0.3 is 14.7 Å². The van der Waals surface area contributed by atoms with Gasteiger partial charge in [0.25, 0.3) is 5.91 Å². The number of rotatable bonds is 4. The first-order valence-electron chi connectivity index (χ1n) is 8.00. The second-order valence-corrected chi connectivity index (χ2v) is 6.10. The number of hydrogen-bond donors (Lipinski definition) is 1. The van der Waals surface area contributed by atoms with E-state index in [0.717, 1.165) is 16.9 Å². The molecule has 2 aromatic rings. The van der Waals surface area contributed by atoms with Crippen LogP contribution in [-0.2, 0) is 15.7 Å². The highest BCUT2D eigenvalue weighted by Crippen LogP contribution is 2.28. The molecule has 144 valence electrons. The Morgan fingerprint density at radius 3 is 2.63 bits per heavy atom.